The van der Waals surface area contributed by atoms with Crippen molar-refractivity contribution in [3.8, 4) is 11.8 Å². The molecule has 144 valence electrons. The molecule has 2 heterocycles. The van der Waals surface area contributed by atoms with Crippen LogP contribution in [0.2, 0.25) is 0 Å². The lowest BCUT2D eigenvalue weighted by Gasteiger charge is -2.09. The molecule has 0 atom stereocenters. The van der Waals surface area contributed by atoms with Crippen molar-refractivity contribution >= 4 is 22.4 Å². The molecule has 0 aliphatic rings. The highest BCUT2D eigenvalue weighted by Gasteiger charge is 2.16. The third kappa shape index (κ3) is 3.60. The molecule has 2 aromatic heterocycles. The lowest BCUT2D eigenvalue weighted by atomic mass is 10.1. The van der Waals surface area contributed by atoms with Gasteiger partial charge in [-0.3, -0.25) is 4.98 Å². The zero-order valence-electron chi connectivity index (χ0n) is 15.6. The second-order valence-corrected chi connectivity index (χ2v) is 6.59. The molecule has 0 saturated carbocycles. The van der Waals surface area contributed by atoms with E-state index in [0.29, 0.717) is 35.6 Å². The van der Waals surface area contributed by atoms with Crippen LogP contribution in [-0.4, -0.2) is 21.3 Å². The minimum atomic E-state index is -0.341. The molecule has 2 aromatic carbocycles. The number of fused-ring (bicyclic) bond motifs is 1. The molecular weight excluding hydrogens is 367 g/mol. The van der Waals surface area contributed by atoms with Crippen molar-refractivity contribution < 1.29 is 4.39 Å². The van der Waals surface area contributed by atoms with Crippen LogP contribution in [0.1, 0.15) is 17.7 Å². The maximum absolute atomic E-state index is 13.9. The van der Waals surface area contributed by atoms with E-state index >= 15 is 0 Å². The number of nitrogens with one attached hydrogen (secondary N) is 1. The highest BCUT2D eigenvalue weighted by Crippen LogP contribution is 2.24. The number of rotatable bonds is 6. The van der Waals surface area contributed by atoms with Gasteiger partial charge in [-0.2, -0.15) is 10.4 Å². The summed E-state index contributed by atoms with van der Waals surface area (Å²) in [4.78, 5) is 4.10. The Kier molecular flexibility index (Phi) is 5.08. The van der Waals surface area contributed by atoms with Gasteiger partial charge in [-0.15, -0.1) is 0 Å². The number of halogens is 1. The molecule has 0 radical (unpaired) electrons. The Morgan fingerprint density at radius 1 is 1.10 bits per heavy atom. The van der Waals surface area contributed by atoms with Crippen molar-refractivity contribution in [3.05, 3.63) is 77.9 Å². The topological polar surface area (TPSA) is 92.5 Å². The maximum Gasteiger partial charge on any atom is 0.149 e. The summed E-state index contributed by atoms with van der Waals surface area (Å²) in [7, 11) is 0. The van der Waals surface area contributed by atoms with Crippen LogP contribution < -0.4 is 11.1 Å². The average Bonchev–Trinajstić information content (AvgIpc) is 3.07. The van der Waals surface area contributed by atoms with Crippen molar-refractivity contribution in [2.45, 2.75) is 12.8 Å². The first kappa shape index (κ1) is 18.4. The normalized spacial score (nSPS) is 10.8. The van der Waals surface area contributed by atoms with Crippen LogP contribution in [0, 0.1) is 17.1 Å². The molecule has 0 spiro atoms. The van der Waals surface area contributed by atoms with Gasteiger partial charge in [-0.1, -0.05) is 30.3 Å². The molecule has 0 unspecified atom stereocenters. The van der Waals surface area contributed by atoms with Gasteiger partial charge in [0.05, 0.1) is 11.4 Å². The first-order valence-corrected chi connectivity index (χ1v) is 9.29. The summed E-state index contributed by atoms with van der Waals surface area (Å²) in [6, 6.07) is 18.4. The Bertz CT molecular complexity index is 1190. The second kappa shape index (κ2) is 7.98. The number of hydrogen-bond donors (Lipinski definition) is 2. The quantitative estimate of drug-likeness (QED) is 0.488. The molecule has 0 aliphatic heterocycles. The number of nitriles is 1. The van der Waals surface area contributed by atoms with Crippen LogP contribution >= 0.6 is 0 Å². The van der Waals surface area contributed by atoms with E-state index in [0.717, 1.165) is 23.2 Å². The number of anilines is 2. The van der Waals surface area contributed by atoms with E-state index in [9.17, 15) is 9.65 Å². The number of aromatic nitrogens is 3. The van der Waals surface area contributed by atoms with E-state index in [4.69, 9.17) is 5.73 Å². The first-order chi connectivity index (χ1) is 14.2. The number of nitrogens with zero attached hydrogens (tertiary/aromatic N) is 4. The molecule has 6 nitrogen and oxygen atoms in total. The van der Waals surface area contributed by atoms with E-state index in [1.807, 2.05) is 42.5 Å². The summed E-state index contributed by atoms with van der Waals surface area (Å²) < 4.78 is 15.5. The Morgan fingerprint density at radius 3 is 2.72 bits per heavy atom. The van der Waals surface area contributed by atoms with E-state index in [-0.39, 0.29) is 5.82 Å². The number of para-hydroxylation sites is 2. The average molecular weight is 386 g/mol. The lowest BCUT2D eigenvalue weighted by molar-refractivity contribution is 0.637. The highest BCUT2D eigenvalue weighted by molar-refractivity contribution is 5.91. The van der Waals surface area contributed by atoms with Gasteiger partial charge in [-0.05, 0) is 37.1 Å². The summed E-state index contributed by atoms with van der Waals surface area (Å²) in [5.74, 6) is 0.00370. The Labute approximate surface area is 167 Å². The van der Waals surface area contributed by atoms with Crippen LogP contribution in [0.15, 0.2) is 60.8 Å². The molecule has 29 heavy (non-hydrogen) atoms. The van der Waals surface area contributed by atoms with Crippen molar-refractivity contribution in [2.24, 2.45) is 0 Å². The summed E-state index contributed by atoms with van der Waals surface area (Å²) >= 11 is 0. The fourth-order valence-corrected chi connectivity index (χ4v) is 3.31. The van der Waals surface area contributed by atoms with Gasteiger partial charge in [0, 0.05) is 23.8 Å². The zero-order valence-corrected chi connectivity index (χ0v) is 15.6. The SMILES string of the molecule is N#Cc1c(CCCNc2ccnc3c(F)cccc23)nn(-c2ccccc2)c1N. The molecule has 7 heteroatoms. The van der Waals surface area contributed by atoms with Gasteiger partial charge < -0.3 is 11.1 Å². The van der Waals surface area contributed by atoms with Crippen LogP contribution in [-0.2, 0) is 6.42 Å². The molecule has 0 aliphatic carbocycles. The van der Waals surface area contributed by atoms with Gasteiger partial charge in [0.2, 0.25) is 0 Å². The maximum atomic E-state index is 13.9. The van der Waals surface area contributed by atoms with Crippen LogP contribution in [0.3, 0.4) is 0 Å². The Morgan fingerprint density at radius 2 is 1.93 bits per heavy atom. The summed E-state index contributed by atoms with van der Waals surface area (Å²) in [5.41, 5.74) is 9.20. The molecular formula is C22H19FN6. The predicted molar refractivity (Wildman–Crippen MR) is 111 cm³/mol. The monoisotopic (exact) mass is 386 g/mol. The number of nitrogen functional groups attached to an aromatic ring is 1. The molecule has 3 N–H and O–H groups in total. The Balaban J connectivity index is 1.47. The van der Waals surface area contributed by atoms with E-state index in [1.54, 1.807) is 16.9 Å². The van der Waals surface area contributed by atoms with Gasteiger partial charge in [0.1, 0.15) is 28.8 Å². The highest BCUT2D eigenvalue weighted by atomic mass is 19.1. The molecule has 0 amide bonds. The van der Waals surface area contributed by atoms with Crippen molar-refractivity contribution in [3.63, 3.8) is 0 Å². The minimum Gasteiger partial charge on any atom is -0.384 e. The smallest absolute Gasteiger partial charge is 0.149 e. The van der Waals surface area contributed by atoms with E-state index in [2.05, 4.69) is 21.5 Å². The largest absolute Gasteiger partial charge is 0.384 e. The van der Waals surface area contributed by atoms with Crippen molar-refractivity contribution in [1.29, 1.82) is 5.26 Å². The molecule has 4 aromatic rings. The van der Waals surface area contributed by atoms with Crippen LogP contribution in [0.4, 0.5) is 15.9 Å². The number of pyridine rings is 1. The van der Waals surface area contributed by atoms with E-state index in [1.165, 1.54) is 6.07 Å². The number of hydrogen-bond acceptors (Lipinski definition) is 5. The zero-order chi connectivity index (χ0) is 20.2. The molecule has 0 saturated heterocycles. The third-order valence-electron chi connectivity index (χ3n) is 4.73. The summed E-state index contributed by atoms with van der Waals surface area (Å²) in [6.45, 7) is 0.637. The number of aryl methyl sites for hydroxylation is 1. The van der Waals surface area contributed by atoms with E-state index < -0.39 is 0 Å². The Hall–Kier alpha value is -3.92. The van der Waals surface area contributed by atoms with Gasteiger partial charge in [0.15, 0.2) is 0 Å². The first-order valence-electron chi connectivity index (χ1n) is 9.29. The lowest BCUT2D eigenvalue weighted by Crippen LogP contribution is -2.05. The molecule has 0 fully saturated rings. The predicted octanol–water partition coefficient (Wildman–Crippen LogP) is 4.06. The van der Waals surface area contributed by atoms with Gasteiger partial charge >= 0.3 is 0 Å². The molecule has 4 rings (SSSR count). The fourth-order valence-electron chi connectivity index (χ4n) is 3.31. The fraction of sp³-hybridized carbons (Fsp3) is 0.136. The van der Waals surface area contributed by atoms with Crippen molar-refractivity contribution in [1.82, 2.24) is 14.8 Å². The van der Waals surface area contributed by atoms with Crippen LogP contribution in [0.5, 0.6) is 0 Å². The van der Waals surface area contributed by atoms with Crippen LogP contribution in [0.25, 0.3) is 16.6 Å². The minimum absolute atomic E-state index is 0.341. The molecule has 0 bridgehead atoms. The number of nitrogens with two attached hydrogens (primary N) is 1. The van der Waals surface area contributed by atoms with Crippen molar-refractivity contribution in [2.75, 3.05) is 17.6 Å². The summed E-state index contributed by atoms with van der Waals surface area (Å²) in [6.07, 6.45) is 2.92. The van der Waals surface area contributed by atoms with Gasteiger partial charge in [0.25, 0.3) is 0 Å². The second-order valence-electron chi connectivity index (χ2n) is 6.59. The van der Waals surface area contributed by atoms with Gasteiger partial charge in [-0.25, -0.2) is 9.07 Å². The summed E-state index contributed by atoms with van der Waals surface area (Å²) in [5, 5.41) is 18.1. The number of benzene rings is 2. The third-order valence-corrected chi connectivity index (χ3v) is 4.73. The standard InChI is InChI=1S/C22H19FN6/c23-18-9-4-8-16-19(11-13-27-21(16)18)26-12-5-10-20-17(14-24)22(25)29(28-20)15-6-2-1-3-7-15/h1-4,6-9,11,13H,5,10,12,25H2,(H,26,27).